The number of rotatable bonds is 4. The molecule has 3 unspecified atom stereocenters. The molecule has 1 rings (SSSR count). The molecule has 3 atom stereocenters. The van der Waals surface area contributed by atoms with Gasteiger partial charge in [0.25, 0.3) is 0 Å². The standard InChI is InChI=1S/C11H20O2/c1-4-8(2)7-10(12)11-6-5-9(3)13-11/h8-9,11H,4-7H2,1-3H3. The van der Waals surface area contributed by atoms with Crippen molar-refractivity contribution < 1.29 is 9.53 Å². The first-order valence-electron chi connectivity index (χ1n) is 5.31. The molecule has 2 heteroatoms. The highest BCUT2D eigenvalue weighted by molar-refractivity contribution is 5.83. The zero-order valence-corrected chi connectivity index (χ0v) is 8.88. The second kappa shape index (κ2) is 4.75. The maximum atomic E-state index is 11.6. The van der Waals surface area contributed by atoms with E-state index in [2.05, 4.69) is 13.8 Å². The zero-order chi connectivity index (χ0) is 9.84. The average molecular weight is 184 g/mol. The molecule has 0 aromatic heterocycles. The summed E-state index contributed by atoms with van der Waals surface area (Å²) in [6.45, 7) is 6.28. The summed E-state index contributed by atoms with van der Waals surface area (Å²) >= 11 is 0. The summed E-state index contributed by atoms with van der Waals surface area (Å²) in [4.78, 5) is 11.6. The van der Waals surface area contributed by atoms with Gasteiger partial charge < -0.3 is 4.74 Å². The SMILES string of the molecule is CCC(C)CC(=O)C1CCC(C)O1. The summed E-state index contributed by atoms with van der Waals surface area (Å²) in [5.41, 5.74) is 0. The van der Waals surface area contributed by atoms with Crippen LogP contribution in [-0.4, -0.2) is 18.0 Å². The lowest BCUT2D eigenvalue weighted by molar-refractivity contribution is -0.130. The van der Waals surface area contributed by atoms with Crippen LogP contribution in [0.5, 0.6) is 0 Å². The van der Waals surface area contributed by atoms with Crippen LogP contribution in [0, 0.1) is 5.92 Å². The van der Waals surface area contributed by atoms with Crippen LogP contribution >= 0.6 is 0 Å². The van der Waals surface area contributed by atoms with Gasteiger partial charge in [-0.3, -0.25) is 4.79 Å². The van der Waals surface area contributed by atoms with Crippen molar-refractivity contribution in [2.45, 2.75) is 58.7 Å². The Hall–Kier alpha value is -0.370. The minimum Gasteiger partial charge on any atom is -0.368 e. The summed E-state index contributed by atoms with van der Waals surface area (Å²) < 4.78 is 5.52. The highest BCUT2D eigenvalue weighted by Gasteiger charge is 2.28. The Labute approximate surface area is 80.7 Å². The molecule has 1 fully saturated rings. The molecule has 2 nitrogen and oxygen atoms in total. The van der Waals surface area contributed by atoms with E-state index in [0.717, 1.165) is 19.3 Å². The third-order valence-corrected chi connectivity index (χ3v) is 2.84. The highest BCUT2D eigenvalue weighted by Crippen LogP contribution is 2.22. The van der Waals surface area contributed by atoms with Crippen LogP contribution in [0.1, 0.15) is 46.5 Å². The molecule has 0 N–H and O–H groups in total. The van der Waals surface area contributed by atoms with Crippen molar-refractivity contribution in [2.75, 3.05) is 0 Å². The monoisotopic (exact) mass is 184 g/mol. The molecule has 0 aliphatic carbocycles. The molecule has 1 saturated heterocycles. The first kappa shape index (κ1) is 10.7. The maximum Gasteiger partial charge on any atom is 0.161 e. The quantitative estimate of drug-likeness (QED) is 0.671. The maximum absolute atomic E-state index is 11.6. The Morgan fingerprint density at radius 3 is 2.69 bits per heavy atom. The van der Waals surface area contributed by atoms with E-state index in [0.29, 0.717) is 18.1 Å². The number of ketones is 1. The van der Waals surface area contributed by atoms with Gasteiger partial charge in [0.1, 0.15) is 6.10 Å². The Morgan fingerprint density at radius 2 is 2.23 bits per heavy atom. The molecular formula is C11H20O2. The van der Waals surface area contributed by atoms with Crippen LogP contribution in [0.4, 0.5) is 0 Å². The van der Waals surface area contributed by atoms with Gasteiger partial charge in [0.15, 0.2) is 5.78 Å². The largest absolute Gasteiger partial charge is 0.368 e. The summed E-state index contributed by atoms with van der Waals surface area (Å²) in [6.07, 6.45) is 3.92. The second-order valence-electron chi connectivity index (χ2n) is 4.20. The van der Waals surface area contributed by atoms with Crippen LogP contribution in [0.3, 0.4) is 0 Å². The van der Waals surface area contributed by atoms with Crippen LogP contribution in [0.2, 0.25) is 0 Å². The van der Waals surface area contributed by atoms with Crippen molar-refractivity contribution in [1.82, 2.24) is 0 Å². The summed E-state index contributed by atoms with van der Waals surface area (Å²) in [6, 6.07) is 0. The van der Waals surface area contributed by atoms with E-state index in [1.807, 2.05) is 6.92 Å². The molecule has 76 valence electrons. The topological polar surface area (TPSA) is 26.3 Å². The Balaban J connectivity index is 2.31. The molecule has 0 amide bonds. The molecule has 13 heavy (non-hydrogen) atoms. The summed E-state index contributed by atoms with van der Waals surface area (Å²) in [5.74, 6) is 0.811. The van der Waals surface area contributed by atoms with E-state index < -0.39 is 0 Å². The molecule has 0 saturated carbocycles. The summed E-state index contributed by atoms with van der Waals surface area (Å²) in [7, 11) is 0. The van der Waals surface area contributed by atoms with Gasteiger partial charge in [-0.05, 0) is 25.7 Å². The third kappa shape index (κ3) is 3.11. The number of ether oxygens (including phenoxy) is 1. The molecule has 0 spiro atoms. The predicted octanol–water partition coefficient (Wildman–Crippen LogP) is 2.56. The highest BCUT2D eigenvalue weighted by atomic mass is 16.5. The number of Topliss-reactive ketones (excluding diaryl/α,β-unsaturated/α-hetero) is 1. The van der Waals surface area contributed by atoms with E-state index in [1.165, 1.54) is 0 Å². The first-order valence-corrected chi connectivity index (χ1v) is 5.31. The van der Waals surface area contributed by atoms with Gasteiger partial charge in [0.05, 0.1) is 6.10 Å². The molecule has 1 aliphatic rings. The summed E-state index contributed by atoms with van der Waals surface area (Å²) in [5, 5.41) is 0. The molecule has 1 heterocycles. The van der Waals surface area contributed by atoms with E-state index in [-0.39, 0.29) is 12.2 Å². The fourth-order valence-corrected chi connectivity index (χ4v) is 1.66. The molecule has 1 aliphatic heterocycles. The number of hydrogen-bond acceptors (Lipinski definition) is 2. The van der Waals surface area contributed by atoms with Gasteiger partial charge in [-0.25, -0.2) is 0 Å². The van der Waals surface area contributed by atoms with E-state index in [9.17, 15) is 4.79 Å². The van der Waals surface area contributed by atoms with E-state index in [1.54, 1.807) is 0 Å². The number of hydrogen-bond donors (Lipinski definition) is 0. The smallest absolute Gasteiger partial charge is 0.161 e. The van der Waals surface area contributed by atoms with E-state index >= 15 is 0 Å². The van der Waals surface area contributed by atoms with Gasteiger partial charge in [-0.2, -0.15) is 0 Å². The lowest BCUT2D eigenvalue weighted by Crippen LogP contribution is -2.22. The van der Waals surface area contributed by atoms with Crippen molar-refractivity contribution in [3.63, 3.8) is 0 Å². The Bertz CT molecular complexity index is 177. The minimum atomic E-state index is -0.0935. The van der Waals surface area contributed by atoms with Crippen molar-refractivity contribution >= 4 is 5.78 Å². The first-order chi connectivity index (χ1) is 6.13. The number of carbonyl (C=O) groups is 1. The van der Waals surface area contributed by atoms with Crippen molar-refractivity contribution in [2.24, 2.45) is 5.92 Å². The van der Waals surface area contributed by atoms with Gasteiger partial charge >= 0.3 is 0 Å². The minimum absolute atomic E-state index is 0.0935. The van der Waals surface area contributed by atoms with Gasteiger partial charge in [-0.15, -0.1) is 0 Å². The predicted molar refractivity (Wildman–Crippen MR) is 52.6 cm³/mol. The average Bonchev–Trinajstić information content (AvgIpc) is 2.51. The lowest BCUT2D eigenvalue weighted by Gasteiger charge is -2.12. The molecule has 0 aromatic rings. The van der Waals surface area contributed by atoms with Crippen molar-refractivity contribution in [3.8, 4) is 0 Å². The van der Waals surface area contributed by atoms with Gasteiger partial charge in [0.2, 0.25) is 0 Å². The van der Waals surface area contributed by atoms with Crippen LogP contribution in [0.15, 0.2) is 0 Å². The molecular weight excluding hydrogens is 164 g/mol. The van der Waals surface area contributed by atoms with Crippen molar-refractivity contribution in [1.29, 1.82) is 0 Å². The zero-order valence-electron chi connectivity index (χ0n) is 8.88. The molecule has 0 radical (unpaired) electrons. The van der Waals surface area contributed by atoms with Crippen LogP contribution in [0.25, 0.3) is 0 Å². The Morgan fingerprint density at radius 1 is 1.54 bits per heavy atom. The van der Waals surface area contributed by atoms with Gasteiger partial charge in [0, 0.05) is 6.42 Å². The fourth-order valence-electron chi connectivity index (χ4n) is 1.66. The second-order valence-corrected chi connectivity index (χ2v) is 4.20. The lowest BCUT2D eigenvalue weighted by atomic mass is 9.98. The molecule has 0 bridgehead atoms. The van der Waals surface area contributed by atoms with Crippen molar-refractivity contribution in [3.05, 3.63) is 0 Å². The van der Waals surface area contributed by atoms with E-state index in [4.69, 9.17) is 4.74 Å². The normalized spacial score (nSPS) is 30.4. The van der Waals surface area contributed by atoms with Crippen LogP contribution in [-0.2, 0) is 9.53 Å². The van der Waals surface area contributed by atoms with Crippen LogP contribution < -0.4 is 0 Å². The fraction of sp³-hybridized carbons (Fsp3) is 0.909. The molecule has 0 aromatic carbocycles. The number of carbonyl (C=O) groups excluding carboxylic acids is 1. The van der Waals surface area contributed by atoms with Gasteiger partial charge in [-0.1, -0.05) is 20.3 Å². The Kier molecular flexibility index (Phi) is 3.91. The third-order valence-electron chi connectivity index (χ3n) is 2.84.